The quantitative estimate of drug-likeness (QED) is 0.348. The second-order valence-corrected chi connectivity index (χ2v) is 8.78. The van der Waals surface area contributed by atoms with Gasteiger partial charge in [-0.25, -0.2) is 0 Å². The Labute approximate surface area is 215 Å². The highest BCUT2D eigenvalue weighted by Crippen LogP contribution is 2.23. The molecular formula is C27H28Cl2N2O4. The molecule has 184 valence electrons. The molecule has 0 aromatic heterocycles. The van der Waals surface area contributed by atoms with E-state index in [0.717, 1.165) is 11.1 Å². The normalized spacial score (nSPS) is 11.5. The smallest absolute Gasteiger partial charge is 0.261 e. The number of para-hydroxylation sites is 1. The molecule has 0 aliphatic rings. The first-order valence-corrected chi connectivity index (χ1v) is 12.1. The molecule has 0 radical (unpaired) electrons. The maximum atomic E-state index is 13.5. The van der Waals surface area contributed by atoms with Crippen LogP contribution in [0.3, 0.4) is 0 Å². The van der Waals surface area contributed by atoms with E-state index in [1.807, 2.05) is 42.5 Å². The van der Waals surface area contributed by atoms with Crippen LogP contribution in [0.15, 0.2) is 78.9 Å². The third kappa shape index (κ3) is 8.28. The molecular weight excluding hydrogens is 487 g/mol. The van der Waals surface area contributed by atoms with Crippen LogP contribution in [0.25, 0.3) is 0 Å². The number of aliphatic hydroxyl groups excluding tert-OH is 1. The number of aliphatic hydroxyl groups is 1. The van der Waals surface area contributed by atoms with Crippen LogP contribution in [-0.4, -0.2) is 47.6 Å². The van der Waals surface area contributed by atoms with Gasteiger partial charge >= 0.3 is 0 Å². The van der Waals surface area contributed by atoms with Gasteiger partial charge in [-0.05, 0) is 41.8 Å². The molecule has 6 nitrogen and oxygen atoms in total. The van der Waals surface area contributed by atoms with Crippen molar-refractivity contribution in [1.29, 1.82) is 0 Å². The summed E-state index contributed by atoms with van der Waals surface area (Å²) in [5.41, 5.74) is 1.73. The SMILES string of the molecule is O=C(NCCCO)[C@@H](Cc1ccccc1)N(Cc1ccc(Cl)cc1)C(=O)COc1ccccc1Cl. The summed E-state index contributed by atoms with van der Waals surface area (Å²) in [6.45, 7) is 0.168. The third-order valence-corrected chi connectivity index (χ3v) is 5.92. The summed E-state index contributed by atoms with van der Waals surface area (Å²) in [6, 6.07) is 22.7. The lowest BCUT2D eigenvalue weighted by Gasteiger charge is -2.31. The number of carbonyl (C=O) groups excluding carboxylic acids is 2. The van der Waals surface area contributed by atoms with Crippen LogP contribution in [0.4, 0.5) is 0 Å². The molecule has 0 fully saturated rings. The standard InChI is InChI=1S/C27H28Cl2N2O4/c28-22-13-11-21(12-14-22)18-31(26(33)19-35-25-10-5-4-9-23(25)29)24(27(34)30-15-6-16-32)17-20-7-2-1-3-8-20/h1-5,7-14,24,32H,6,15-19H2,(H,30,34)/t24-/m1/s1. The molecule has 0 unspecified atom stereocenters. The summed E-state index contributed by atoms with van der Waals surface area (Å²) < 4.78 is 5.71. The minimum atomic E-state index is -0.797. The average molecular weight is 515 g/mol. The Bertz CT molecular complexity index is 1090. The molecule has 8 heteroatoms. The number of halogens is 2. The lowest BCUT2D eigenvalue weighted by molar-refractivity contribution is -0.142. The number of hydrogen-bond acceptors (Lipinski definition) is 4. The van der Waals surface area contributed by atoms with Crippen LogP contribution in [-0.2, 0) is 22.6 Å². The average Bonchev–Trinajstić information content (AvgIpc) is 2.87. The van der Waals surface area contributed by atoms with Crippen LogP contribution < -0.4 is 10.1 Å². The summed E-state index contributed by atoms with van der Waals surface area (Å²) in [5, 5.41) is 12.9. The van der Waals surface area contributed by atoms with E-state index in [9.17, 15) is 9.59 Å². The minimum Gasteiger partial charge on any atom is -0.482 e. The van der Waals surface area contributed by atoms with E-state index in [1.54, 1.807) is 36.4 Å². The Morgan fingerprint density at radius 2 is 1.60 bits per heavy atom. The number of carbonyl (C=O) groups is 2. The number of nitrogens with one attached hydrogen (secondary N) is 1. The van der Waals surface area contributed by atoms with Crippen LogP contribution in [0.1, 0.15) is 17.5 Å². The summed E-state index contributed by atoms with van der Waals surface area (Å²) >= 11 is 12.2. The van der Waals surface area contributed by atoms with Crippen LogP contribution in [0, 0.1) is 0 Å². The van der Waals surface area contributed by atoms with E-state index in [-0.39, 0.29) is 31.6 Å². The zero-order valence-electron chi connectivity index (χ0n) is 19.2. The van der Waals surface area contributed by atoms with Crippen molar-refractivity contribution in [3.63, 3.8) is 0 Å². The number of ether oxygens (including phenoxy) is 1. The molecule has 0 aliphatic carbocycles. The summed E-state index contributed by atoms with van der Waals surface area (Å²) in [7, 11) is 0. The summed E-state index contributed by atoms with van der Waals surface area (Å²) in [4.78, 5) is 28.3. The zero-order valence-corrected chi connectivity index (χ0v) is 20.7. The van der Waals surface area contributed by atoms with Gasteiger partial charge in [0.15, 0.2) is 6.61 Å². The van der Waals surface area contributed by atoms with Gasteiger partial charge in [-0.2, -0.15) is 0 Å². The molecule has 0 saturated carbocycles. The van der Waals surface area contributed by atoms with Gasteiger partial charge in [-0.1, -0.05) is 77.8 Å². The second kappa shape index (κ2) is 13.7. The second-order valence-electron chi connectivity index (χ2n) is 7.94. The van der Waals surface area contributed by atoms with E-state index in [1.165, 1.54) is 4.90 Å². The molecule has 1 atom stereocenters. The van der Waals surface area contributed by atoms with Gasteiger partial charge in [0, 0.05) is 31.1 Å². The van der Waals surface area contributed by atoms with Gasteiger partial charge in [-0.3, -0.25) is 9.59 Å². The van der Waals surface area contributed by atoms with E-state index >= 15 is 0 Å². The lowest BCUT2D eigenvalue weighted by Crippen LogP contribution is -2.51. The molecule has 3 aromatic rings. The molecule has 2 N–H and O–H groups in total. The number of hydrogen-bond donors (Lipinski definition) is 2. The maximum absolute atomic E-state index is 13.5. The molecule has 0 heterocycles. The number of nitrogens with zero attached hydrogens (tertiary/aromatic N) is 1. The lowest BCUT2D eigenvalue weighted by atomic mass is 10.0. The van der Waals surface area contributed by atoms with Gasteiger partial charge in [0.25, 0.3) is 5.91 Å². The number of benzene rings is 3. The fraction of sp³-hybridized carbons (Fsp3) is 0.259. The number of rotatable bonds is 12. The highest BCUT2D eigenvalue weighted by atomic mass is 35.5. The van der Waals surface area contributed by atoms with Gasteiger partial charge in [0.05, 0.1) is 5.02 Å². The van der Waals surface area contributed by atoms with Gasteiger partial charge in [0.1, 0.15) is 11.8 Å². The monoisotopic (exact) mass is 514 g/mol. The predicted molar refractivity (Wildman–Crippen MR) is 138 cm³/mol. The number of amides is 2. The largest absolute Gasteiger partial charge is 0.482 e. The van der Waals surface area contributed by atoms with Crippen molar-refractivity contribution in [3.05, 3.63) is 100 Å². The molecule has 0 saturated heterocycles. The van der Waals surface area contributed by atoms with Crippen LogP contribution >= 0.6 is 23.2 Å². The van der Waals surface area contributed by atoms with Gasteiger partial charge in [-0.15, -0.1) is 0 Å². The summed E-state index contributed by atoms with van der Waals surface area (Å²) in [6.07, 6.45) is 0.738. The maximum Gasteiger partial charge on any atom is 0.261 e. The fourth-order valence-electron chi connectivity index (χ4n) is 3.53. The molecule has 0 aliphatic heterocycles. The van der Waals surface area contributed by atoms with Crippen molar-refractivity contribution in [2.45, 2.75) is 25.4 Å². The van der Waals surface area contributed by atoms with Gasteiger partial charge in [0.2, 0.25) is 5.91 Å². The topological polar surface area (TPSA) is 78.9 Å². The Kier molecular flexibility index (Phi) is 10.4. The van der Waals surface area contributed by atoms with Gasteiger partial charge < -0.3 is 20.1 Å². The van der Waals surface area contributed by atoms with E-state index < -0.39 is 6.04 Å². The minimum absolute atomic E-state index is 0.0390. The first-order chi connectivity index (χ1) is 17.0. The van der Waals surface area contributed by atoms with Crippen LogP contribution in [0.2, 0.25) is 10.0 Å². The highest BCUT2D eigenvalue weighted by molar-refractivity contribution is 6.32. The third-order valence-electron chi connectivity index (χ3n) is 5.36. The first kappa shape index (κ1) is 26.5. The Hall–Kier alpha value is -3.06. The van der Waals surface area contributed by atoms with Crippen LogP contribution in [0.5, 0.6) is 5.75 Å². The van der Waals surface area contributed by atoms with Crippen molar-refractivity contribution in [2.24, 2.45) is 0 Å². The fourth-order valence-corrected chi connectivity index (χ4v) is 3.85. The van der Waals surface area contributed by atoms with Crippen molar-refractivity contribution in [2.75, 3.05) is 19.8 Å². The van der Waals surface area contributed by atoms with Crippen molar-refractivity contribution in [3.8, 4) is 5.75 Å². The van der Waals surface area contributed by atoms with Crippen molar-refractivity contribution >= 4 is 35.0 Å². The molecule has 3 aromatic carbocycles. The Morgan fingerprint density at radius 1 is 0.914 bits per heavy atom. The Morgan fingerprint density at radius 3 is 2.29 bits per heavy atom. The molecule has 3 rings (SSSR count). The molecule has 0 spiro atoms. The van der Waals surface area contributed by atoms with Crippen molar-refractivity contribution < 1.29 is 19.4 Å². The summed E-state index contributed by atoms with van der Waals surface area (Å²) in [5.74, 6) is -0.276. The predicted octanol–water partition coefficient (Wildman–Crippen LogP) is 4.51. The van der Waals surface area contributed by atoms with Crippen molar-refractivity contribution in [1.82, 2.24) is 10.2 Å². The Balaban J connectivity index is 1.88. The molecule has 35 heavy (non-hydrogen) atoms. The van der Waals surface area contributed by atoms with E-state index in [2.05, 4.69) is 5.32 Å². The molecule has 2 amide bonds. The molecule has 0 bridgehead atoms. The van der Waals surface area contributed by atoms with E-state index in [4.69, 9.17) is 33.0 Å². The van der Waals surface area contributed by atoms with E-state index in [0.29, 0.717) is 35.2 Å². The first-order valence-electron chi connectivity index (χ1n) is 11.3. The highest BCUT2D eigenvalue weighted by Gasteiger charge is 2.30. The zero-order chi connectivity index (χ0) is 25.0.